The minimum Gasteiger partial charge on any atom is -0.472 e. The number of pyridine rings is 1. The molecule has 0 aromatic carbocycles. The Balaban J connectivity index is 1.47. The highest BCUT2D eigenvalue weighted by Crippen LogP contribution is 2.18. The van der Waals surface area contributed by atoms with Gasteiger partial charge in [-0.3, -0.25) is 14.7 Å². The van der Waals surface area contributed by atoms with Crippen LogP contribution in [0.1, 0.15) is 36.9 Å². The molecule has 1 aliphatic heterocycles. The second-order valence-corrected chi connectivity index (χ2v) is 6.83. The van der Waals surface area contributed by atoms with Gasteiger partial charge in [0.2, 0.25) is 5.91 Å². The van der Waals surface area contributed by atoms with Crippen molar-refractivity contribution >= 4 is 5.91 Å². The van der Waals surface area contributed by atoms with Gasteiger partial charge in [-0.15, -0.1) is 0 Å². The molecule has 1 fully saturated rings. The quantitative estimate of drug-likeness (QED) is 0.810. The molecule has 134 valence electrons. The van der Waals surface area contributed by atoms with Gasteiger partial charge in [-0.1, -0.05) is 6.07 Å². The van der Waals surface area contributed by atoms with Gasteiger partial charge in [0, 0.05) is 38.3 Å². The topological polar surface area (TPSA) is 49.6 Å². The Bertz CT molecular complexity index is 642. The van der Waals surface area contributed by atoms with Gasteiger partial charge < -0.3 is 9.32 Å². The zero-order valence-electron chi connectivity index (χ0n) is 14.9. The molecule has 0 radical (unpaired) electrons. The molecule has 0 unspecified atom stereocenters. The number of nitrogens with zero attached hydrogens (tertiary/aromatic N) is 3. The van der Waals surface area contributed by atoms with Crippen LogP contribution in [0.4, 0.5) is 0 Å². The summed E-state index contributed by atoms with van der Waals surface area (Å²) in [5.74, 6) is 0.259. The van der Waals surface area contributed by atoms with E-state index in [-0.39, 0.29) is 5.91 Å². The van der Waals surface area contributed by atoms with Crippen LogP contribution in [-0.4, -0.2) is 46.9 Å². The van der Waals surface area contributed by atoms with Crippen LogP contribution in [0.25, 0.3) is 0 Å². The normalized spacial score (nSPS) is 18.3. The van der Waals surface area contributed by atoms with Gasteiger partial charge in [0.05, 0.1) is 18.2 Å². The minimum atomic E-state index is 0.259. The van der Waals surface area contributed by atoms with Crippen LogP contribution in [-0.2, 0) is 17.8 Å². The van der Waals surface area contributed by atoms with E-state index in [4.69, 9.17) is 4.42 Å². The monoisotopic (exact) mass is 341 g/mol. The molecule has 2 aromatic rings. The SMILES string of the molecule is CN(Cc1ccccn1)[C@H]1CCCN(C(=O)CCc2ccoc2)CC1. The third kappa shape index (κ3) is 5.16. The van der Waals surface area contributed by atoms with Crippen LogP contribution < -0.4 is 0 Å². The van der Waals surface area contributed by atoms with Gasteiger partial charge in [-0.05, 0) is 56.5 Å². The first-order valence-electron chi connectivity index (χ1n) is 9.11. The average molecular weight is 341 g/mol. The molecule has 1 atom stereocenters. The van der Waals surface area contributed by atoms with Crippen molar-refractivity contribution in [3.8, 4) is 0 Å². The lowest BCUT2D eigenvalue weighted by Crippen LogP contribution is -2.35. The number of likely N-dealkylation sites (tertiary alicyclic amines) is 1. The lowest BCUT2D eigenvalue weighted by Gasteiger charge is -2.27. The molecular weight excluding hydrogens is 314 g/mol. The van der Waals surface area contributed by atoms with Crippen LogP contribution in [0.5, 0.6) is 0 Å². The Labute approximate surface area is 149 Å². The van der Waals surface area contributed by atoms with Gasteiger partial charge in [0.1, 0.15) is 0 Å². The van der Waals surface area contributed by atoms with Gasteiger partial charge in [-0.2, -0.15) is 0 Å². The summed E-state index contributed by atoms with van der Waals surface area (Å²) >= 11 is 0. The van der Waals surface area contributed by atoms with Crippen molar-refractivity contribution in [1.82, 2.24) is 14.8 Å². The standard InChI is InChI=1S/C20H27N3O2/c1-22(15-18-5-2-3-11-21-18)19-6-4-12-23(13-9-19)20(24)8-7-17-10-14-25-16-17/h2-3,5,10-11,14,16,19H,4,6-9,12-13,15H2,1H3/t19-/m0/s1. The predicted octanol–water partition coefficient (Wildman–Crippen LogP) is 3.12. The first-order chi connectivity index (χ1) is 12.2. The van der Waals surface area contributed by atoms with E-state index >= 15 is 0 Å². The van der Waals surface area contributed by atoms with E-state index in [1.54, 1.807) is 12.5 Å². The van der Waals surface area contributed by atoms with Crippen molar-refractivity contribution in [2.45, 2.75) is 44.7 Å². The van der Waals surface area contributed by atoms with Gasteiger partial charge in [-0.25, -0.2) is 0 Å². The number of hydrogen-bond donors (Lipinski definition) is 0. The van der Waals surface area contributed by atoms with Gasteiger partial charge in [0.15, 0.2) is 0 Å². The molecule has 5 nitrogen and oxygen atoms in total. The van der Waals surface area contributed by atoms with Crippen molar-refractivity contribution in [3.05, 3.63) is 54.2 Å². The van der Waals surface area contributed by atoms with E-state index in [0.29, 0.717) is 12.5 Å². The summed E-state index contributed by atoms with van der Waals surface area (Å²) in [7, 11) is 2.16. The number of rotatable bonds is 6. The van der Waals surface area contributed by atoms with Crippen molar-refractivity contribution in [2.75, 3.05) is 20.1 Å². The number of amides is 1. The highest BCUT2D eigenvalue weighted by molar-refractivity contribution is 5.76. The van der Waals surface area contributed by atoms with Crippen LogP contribution in [0.2, 0.25) is 0 Å². The summed E-state index contributed by atoms with van der Waals surface area (Å²) in [5.41, 5.74) is 2.19. The van der Waals surface area contributed by atoms with E-state index in [0.717, 1.165) is 56.6 Å². The van der Waals surface area contributed by atoms with Crippen molar-refractivity contribution in [1.29, 1.82) is 0 Å². The zero-order valence-corrected chi connectivity index (χ0v) is 14.9. The minimum absolute atomic E-state index is 0.259. The van der Waals surface area contributed by atoms with E-state index in [1.165, 1.54) is 0 Å². The smallest absolute Gasteiger partial charge is 0.222 e. The molecule has 0 spiro atoms. The van der Waals surface area contributed by atoms with E-state index < -0.39 is 0 Å². The van der Waals surface area contributed by atoms with Crippen LogP contribution in [0.15, 0.2) is 47.4 Å². The van der Waals surface area contributed by atoms with Crippen LogP contribution in [0, 0.1) is 0 Å². The maximum absolute atomic E-state index is 12.5. The maximum atomic E-state index is 12.5. The molecule has 1 amide bonds. The van der Waals surface area contributed by atoms with Gasteiger partial charge >= 0.3 is 0 Å². The molecule has 2 aromatic heterocycles. The number of carbonyl (C=O) groups excluding carboxylic acids is 1. The fourth-order valence-corrected chi connectivity index (χ4v) is 3.49. The lowest BCUT2D eigenvalue weighted by molar-refractivity contribution is -0.131. The highest BCUT2D eigenvalue weighted by atomic mass is 16.3. The third-order valence-electron chi connectivity index (χ3n) is 5.02. The molecule has 0 saturated carbocycles. The fraction of sp³-hybridized carbons (Fsp3) is 0.500. The lowest BCUT2D eigenvalue weighted by atomic mass is 10.1. The molecular formula is C20H27N3O2. The first-order valence-corrected chi connectivity index (χ1v) is 9.11. The van der Waals surface area contributed by atoms with E-state index in [9.17, 15) is 4.79 Å². The molecule has 1 aliphatic rings. The summed E-state index contributed by atoms with van der Waals surface area (Å²) in [5, 5.41) is 0. The number of hydrogen-bond acceptors (Lipinski definition) is 4. The Kier molecular flexibility index (Phi) is 6.23. The third-order valence-corrected chi connectivity index (χ3v) is 5.02. The number of furan rings is 1. The zero-order chi connectivity index (χ0) is 17.5. The average Bonchev–Trinajstić information content (AvgIpc) is 3.02. The Morgan fingerprint density at radius 2 is 2.24 bits per heavy atom. The number of carbonyl (C=O) groups is 1. The summed E-state index contributed by atoms with van der Waals surface area (Å²) in [6.45, 7) is 2.58. The first kappa shape index (κ1) is 17.7. The van der Waals surface area contributed by atoms with E-state index in [2.05, 4.69) is 23.0 Å². The van der Waals surface area contributed by atoms with Gasteiger partial charge in [0.25, 0.3) is 0 Å². The summed E-state index contributed by atoms with van der Waals surface area (Å²) in [6.07, 6.45) is 9.77. The van der Waals surface area contributed by atoms with E-state index in [1.807, 2.05) is 29.3 Å². The molecule has 0 aliphatic carbocycles. The molecule has 3 rings (SSSR count). The van der Waals surface area contributed by atoms with Crippen molar-refractivity contribution in [3.63, 3.8) is 0 Å². The summed E-state index contributed by atoms with van der Waals surface area (Å²) in [6, 6.07) is 8.48. The Morgan fingerprint density at radius 1 is 1.32 bits per heavy atom. The predicted molar refractivity (Wildman–Crippen MR) is 97.0 cm³/mol. The second kappa shape index (κ2) is 8.81. The largest absolute Gasteiger partial charge is 0.472 e. The molecule has 1 saturated heterocycles. The fourth-order valence-electron chi connectivity index (χ4n) is 3.49. The van der Waals surface area contributed by atoms with Crippen molar-refractivity contribution in [2.24, 2.45) is 0 Å². The molecule has 0 bridgehead atoms. The molecule has 5 heteroatoms. The maximum Gasteiger partial charge on any atom is 0.222 e. The number of aromatic nitrogens is 1. The van der Waals surface area contributed by atoms with Crippen molar-refractivity contribution < 1.29 is 9.21 Å². The Hall–Kier alpha value is -2.14. The summed E-state index contributed by atoms with van der Waals surface area (Å²) in [4.78, 5) is 21.3. The molecule has 25 heavy (non-hydrogen) atoms. The highest BCUT2D eigenvalue weighted by Gasteiger charge is 2.23. The van der Waals surface area contributed by atoms with Crippen LogP contribution in [0.3, 0.4) is 0 Å². The molecule has 3 heterocycles. The summed E-state index contributed by atoms with van der Waals surface area (Å²) < 4.78 is 5.07. The van der Waals surface area contributed by atoms with Crippen LogP contribution >= 0.6 is 0 Å². The Morgan fingerprint density at radius 3 is 3.00 bits per heavy atom. The second-order valence-electron chi connectivity index (χ2n) is 6.83. The number of aryl methyl sites for hydroxylation is 1. The molecule has 0 N–H and O–H groups in total.